The molecule has 1 radical (unpaired) electrons. The van der Waals surface area contributed by atoms with Crippen molar-refractivity contribution in [2.45, 2.75) is 13.8 Å². The Balaban J connectivity index is 2.64. The molecule has 0 nitrogen and oxygen atoms in total. The van der Waals surface area contributed by atoms with E-state index < -0.39 is 0 Å². The lowest BCUT2D eigenvalue weighted by Gasteiger charge is -2.06. The monoisotopic (exact) mass is 187 g/mol. The van der Waals surface area contributed by atoms with Crippen LogP contribution in [0, 0.1) is 19.2 Å². The first kappa shape index (κ1) is 8.52. The van der Waals surface area contributed by atoms with E-state index in [0.717, 1.165) is 0 Å². The summed E-state index contributed by atoms with van der Waals surface area (Å²) in [5.41, 5.74) is 4.06. The molecule has 0 spiro atoms. The van der Waals surface area contributed by atoms with E-state index in [4.69, 9.17) is 0 Å². The zero-order chi connectivity index (χ0) is 9.26. The Hall–Kier alpha value is -1.08. The molecule has 2 aromatic rings. The van der Waals surface area contributed by atoms with Gasteiger partial charge in [0.1, 0.15) is 0 Å². The number of rotatable bonds is 1. The number of thiophene rings is 1. The van der Waals surface area contributed by atoms with Gasteiger partial charge < -0.3 is 0 Å². The van der Waals surface area contributed by atoms with Gasteiger partial charge in [-0.05, 0) is 42.7 Å². The molecule has 1 heteroatoms. The topological polar surface area (TPSA) is 0 Å². The van der Waals surface area contributed by atoms with E-state index in [9.17, 15) is 0 Å². The highest BCUT2D eigenvalue weighted by Gasteiger charge is 2.04. The van der Waals surface area contributed by atoms with E-state index in [-0.39, 0.29) is 0 Å². The lowest BCUT2D eigenvalue weighted by Crippen LogP contribution is -1.83. The average Bonchev–Trinajstić information content (AvgIpc) is 2.57. The summed E-state index contributed by atoms with van der Waals surface area (Å²) < 4.78 is 0. The molecule has 0 saturated carbocycles. The van der Waals surface area contributed by atoms with Gasteiger partial charge in [0.05, 0.1) is 0 Å². The van der Waals surface area contributed by atoms with Crippen LogP contribution in [0.4, 0.5) is 0 Å². The number of hydrogen-bond donors (Lipinski definition) is 0. The highest BCUT2D eigenvalue weighted by Crippen LogP contribution is 2.30. The van der Waals surface area contributed by atoms with Crippen LogP contribution in [-0.2, 0) is 0 Å². The van der Waals surface area contributed by atoms with Crippen molar-refractivity contribution >= 4 is 11.3 Å². The molecule has 13 heavy (non-hydrogen) atoms. The summed E-state index contributed by atoms with van der Waals surface area (Å²) in [4.78, 5) is 1.32. The first-order valence-electron chi connectivity index (χ1n) is 4.31. The van der Waals surface area contributed by atoms with E-state index in [1.165, 1.54) is 21.6 Å². The van der Waals surface area contributed by atoms with Crippen LogP contribution in [0.25, 0.3) is 10.4 Å². The van der Waals surface area contributed by atoms with Gasteiger partial charge in [-0.2, -0.15) is 0 Å². The van der Waals surface area contributed by atoms with E-state index in [1.54, 1.807) is 11.3 Å². The minimum Gasteiger partial charge on any atom is -0.134 e. The normalized spacial score (nSPS) is 10.3. The fourth-order valence-electron chi connectivity index (χ4n) is 1.58. The molecule has 1 aromatic carbocycles. The maximum atomic E-state index is 3.12. The third-order valence-corrected chi connectivity index (χ3v) is 3.01. The highest BCUT2D eigenvalue weighted by atomic mass is 32.1. The SMILES string of the molecule is Cc1cccc(C)c1-c1cc[c]s1. The fourth-order valence-corrected chi connectivity index (χ4v) is 2.40. The lowest BCUT2D eigenvalue weighted by molar-refractivity contribution is 1.39. The van der Waals surface area contributed by atoms with Crippen LogP contribution in [0.1, 0.15) is 11.1 Å². The van der Waals surface area contributed by atoms with Gasteiger partial charge >= 0.3 is 0 Å². The molecule has 0 aliphatic heterocycles. The second kappa shape index (κ2) is 3.35. The van der Waals surface area contributed by atoms with Gasteiger partial charge in [0, 0.05) is 10.3 Å². The number of aryl methyl sites for hydroxylation is 2. The summed E-state index contributed by atoms with van der Waals surface area (Å²) in [6, 6.07) is 10.5. The van der Waals surface area contributed by atoms with Crippen molar-refractivity contribution in [3.05, 3.63) is 46.8 Å². The van der Waals surface area contributed by atoms with E-state index in [2.05, 4.69) is 43.5 Å². The Morgan fingerprint density at radius 3 is 2.31 bits per heavy atom. The molecule has 0 aliphatic rings. The standard InChI is InChI=1S/C12H11S/c1-9-5-3-6-10(2)12(9)11-7-4-8-13-11/h3-7H,1-2H3. The predicted molar refractivity (Wildman–Crippen MR) is 58.1 cm³/mol. The van der Waals surface area contributed by atoms with Crippen LogP contribution in [0.5, 0.6) is 0 Å². The van der Waals surface area contributed by atoms with Crippen molar-refractivity contribution < 1.29 is 0 Å². The summed E-state index contributed by atoms with van der Waals surface area (Å²) in [5, 5.41) is 3.12. The number of benzene rings is 1. The molecular weight excluding hydrogens is 176 g/mol. The Bertz CT molecular complexity index is 379. The van der Waals surface area contributed by atoms with Crippen LogP contribution in [0.15, 0.2) is 30.3 Å². The second-order valence-electron chi connectivity index (χ2n) is 3.18. The van der Waals surface area contributed by atoms with E-state index in [1.807, 2.05) is 6.07 Å². The Kier molecular flexibility index (Phi) is 2.19. The molecule has 2 rings (SSSR count). The van der Waals surface area contributed by atoms with Gasteiger partial charge in [-0.15, -0.1) is 11.3 Å². The van der Waals surface area contributed by atoms with E-state index in [0.29, 0.717) is 0 Å². The zero-order valence-corrected chi connectivity index (χ0v) is 8.61. The molecule has 0 aliphatic carbocycles. The van der Waals surface area contributed by atoms with Gasteiger partial charge in [-0.1, -0.05) is 18.2 Å². The third-order valence-electron chi connectivity index (χ3n) is 2.20. The first-order valence-corrected chi connectivity index (χ1v) is 5.13. The van der Waals surface area contributed by atoms with Crippen molar-refractivity contribution in [2.24, 2.45) is 0 Å². The molecule has 0 bridgehead atoms. The van der Waals surface area contributed by atoms with Crippen LogP contribution in [-0.4, -0.2) is 0 Å². The maximum Gasteiger partial charge on any atom is 0.0449 e. The Morgan fingerprint density at radius 1 is 1.08 bits per heavy atom. The molecule has 1 aromatic heterocycles. The Morgan fingerprint density at radius 2 is 1.77 bits per heavy atom. The van der Waals surface area contributed by atoms with Crippen molar-refractivity contribution in [3.8, 4) is 10.4 Å². The quantitative estimate of drug-likeness (QED) is 0.636. The van der Waals surface area contributed by atoms with Crippen molar-refractivity contribution in [1.29, 1.82) is 0 Å². The van der Waals surface area contributed by atoms with Crippen LogP contribution in [0.3, 0.4) is 0 Å². The maximum absolute atomic E-state index is 3.12. The van der Waals surface area contributed by atoms with Crippen molar-refractivity contribution in [2.75, 3.05) is 0 Å². The molecule has 0 saturated heterocycles. The van der Waals surface area contributed by atoms with Crippen LogP contribution >= 0.6 is 11.3 Å². The summed E-state index contributed by atoms with van der Waals surface area (Å²) in [7, 11) is 0. The zero-order valence-electron chi connectivity index (χ0n) is 7.79. The Labute approximate surface area is 82.9 Å². The third kappa shape index (κ3) is 1.52. The summed E-state index contributed by atoms with van der Waals surface area (Å²) in [6.45, 7) is 4.31. The minimum absolute atomic E-state index is 1.32. The minimum atomic E-state index is 1.32. The smallest absolute Gasteiger partial charge is 0.0449 e. The second-order valence-corrected chi connectivity index (χ2v) is 4.06. The average molecular weight is 187 g/mol. The molecule has 65 valence electrons. The van der Waals surface area contributed by atoms with Gasteiger partial charge in [0.25, 0.3) is 0 Å². The molecule has 0 fully saturated rings. The molecular formula is C12H11S. The van der Waals surface area contributed by atoms with Crippen LogP contribution in [0.2, 0.25) is 0 Å². The van der Waals surface area contributed by atoms with Crippen molar-refractivity contribution in [1.82, 2.24) is 0 Å². The van der Waals surface area contributed by atoms with Gasteiger partial charge in [-0.3, -0.25) is 0 Å². The molecule has 0 amide bonds. The summed E-state index contributed by atoms with van der Waals surface area (Å²) >= 11 is 1.68. The van der Waals surface area contributed by atoms with Gasteiger partial charge in [0.15, 0.2) is 0 Å². The lowest BCUT2D eigenvalue weighted by atomic mass is 10.0. The highest BCUT2D eigenvalue weighted by molar-refractivity contribution is 7.13. The first-order chi connectivity index (χ1) is 6.29. The largest absolute Gasteiger partial charge is 0.134 e. The summed E-state index contributed by atoms with van der Waals surface area (Å²) in [5.74, 6) is 0. The van der Waals surface area contributed by atoms with E-state index >= 15 is 0 Å². The van der Waals surface area contributed by atoms with Gasteiger partial charge in [-0.25, -0.2) is 0 Å². The summed E-state index contributed by atoms with van der Waals surface area (Å²) in [6.07, 6.45) is 0. The van der Waals surface area contributed by atoms with Crippen LogP contribution < -0.4 is 0 Å². The molecule has 0 N–H and O–H groups in total. The molecule has 0 atom stereocenters. The van der Waals surface area contributed by atoms with Gasteiger partial charge in [0.2, 0.25) is 0 Å². The van der Waals surface area contributed by atoms with Crippen molar-refractivity contribution in [3.63, 3.8) is 0 Å². The fraction of sp³-hybridized carbons (Fsp3) is 0.167. The molecule has 0 unspecified atom stereocenters. The number of hydrogen-bond acceptors (Lipinski definition) is 1. The molecule has 1 heterocycles. The predicted octanol–water partition coefficient (Wildman–Crippen LogP) is 3.83.